The van der Waals surface area contributed by atoms with Gasteiger partial charge in [-0.3, -0.25) is 9.78 Å². The molecule has 6 heteroatoms. The number of thioether (sulfide) groups is 1. The molecule has 0 aliphatic carbocycles. The molecule has 1 aliphatic rings. The Morgan fingerprint density at radius 2 is 1.91 bits per heavy atom. The summed E-state index contributed by atoms with van der Waals surface area (Å²) in [4.78, 5) is 21.0. The first-order valence-electron chi connectivity index (χ1n) is 10.3. The predicted molar refractivity (Wildman–Crippen MR) is 125 cm³/mol. The van der Waals surface area contributed by atoms with Crippen LogP contribution in [0.2, 0.25) is 0 Å². The number of carbonyl (C=O) groups is 1. The summed E-state index contributed by atoms with van der Waals surface area (Å²) in [6.07, 6.45) is 7.44. The molecular weight excluding hydrogens is 421 g/mol. The molecule has 2 aromatic carbocycles. The molecule has 0 bridgehead atoms. The monoisotopic (exact) mass is 439 g/mol. The van der Waals surface area contributed by atoms with Gasteiger partial charge in [-0.1, -0.05) is 30.3 Å². The summed E-state index contributed by atoms with van der Waals surface area (Å²) in [5, 5.41) is 1.02. The Balaban J connectivity index is 1.34. The van der Waals surface area contributed by atoms with Crippen LogP contribution in [0, 0.1) is 5.82 Å². The number of ketones is 1. The molecule has 0 unspecified atom stereocenters. The minimum atomic E-state index is -0.258. The lowest BCUT2D eigenvalue weighted by Crippen LogP contribution is -2.05. The zero-order chi connectivity index (χ0) is 21.7. The maximum absolute atomic E-state index is 13.5. The lowest BCUT2D eigenvalue weighted by molar-refractivity contribution is 0.103. The average Bonchev–Trinajstić information content (AvgIpc) is 3.54. The highest BCUT2D eigenvalue weighted by molar-refractivity contribution is 7.99. The van der Waals surface area contributed by atoms with Crippen molar-refractivity contribution in [3.05, 3.63) is 114 Å². The Morgan fingerprint density at radius 1 is 1.06 bits per heavy atom. The smallest absolute Gasteiger partial charge is 0.197 e. The largest absolute Gasteiger partial charge is 0.360 e. The Labute approximate surface area is 188 Å². The van der Waals surface area contributed by atoms with Crippen molar-refractivity contribution in [2.75, 3.05) is 0 Å². The van der Waals surface area contributed by atoms with Crippen molar-refractivity contribution >= 4 is 28.4 Å². The van der Waals surface area contributed by atoms with Gasteiger partial charge in [0.05, 0.1) is 0 Å². The molecule has 1 atom stereocenters. The van der Waals surface area contributed by atoms with E-state index in [2.05, 4.69) is 20.6 Å². The van der Waals surface area contributed by atoms with Gasteiger partial charge in [0, 0.05) is 63.8 Å². The standard InChI is InChI=1S/C26H18FN3OS/c27-19-6-3-16(4-7-19)17-5-8-20-22(14-29-23(20)12-17)25(31)21-9-11-30-24(21)15-32-26(30)18-2-1-10-28-13-18/h1-14,26,29H,15H2/t26-/m1/s1. The number of nitrogens with zero attached hydrogens (tertiary/aromatic N) is 2. The van der Waals surface area contributed by atoms with Crippen LogP contribution in [-0.2, 0) is 5.75 Å². The molecule has 1 N–H and O–H groups in total. The fourth-order valence-electron chi connectivity index (χ4n) is 4.36. The van der Waals surface area contributed by atoms with Gasteiger partial charge in [0.2, 0.25) is 0 Å². The summed E-state index contributed by atoms with van der Waals surface area (Å²) in [5.74, 6) is 0.545. The minimum absolute atomic E-state index is 0.0203. The second-order valence-corrected chi connectivity index (χ2v) is 8.90. The van der Waals surface area contributed by atoms with Crippen LogP contribution in [0.25, 0.3) is 22.0 Å². The van der Waals surface area contributed by atoms with Crippen molar-refractivity contribution < 1.29 is 9.18 Å². The summed E-state index contributed by atoms with van der Waals surface area (Å²) in [7, 11) is 0. The molecule has 4 nitrogen and oxygen atoms in total. The first-order valence-corrected chi connectivity index (χ1v) is 11.4. The zero-order valence-corrected chi connectivity index (χ0v) is 17.8. The molecule has 156 valence electrons. The SMILES string of the molecule is O=C(c1ccn2c1CS[C@@H]2c1cccnc1)c1c[nH]c2cc(-c3ccc(F)cc3)ccc12. The van der Waals surface area contributed by atoms with E-state index in [0.29, 0.717) is 5.56 Å². The van der Waals surface area contributed by atoms with Crippen molar-refractivity contribution in [3.8, 4) is 11.1 Å². The van der Waals surface area contributed by atoms with Crippen molar-refractivity contribution in [1.29, 1.82) is 0 Å². The van der Waals surface area contributed by atoms with Gasteiger partial charge in [-0.05, 0) is 41.5 Å². The molecule has 32 heavy (non-hydrogen) atoms. The van der Waals surface area contributed by atoms with E-state index >= 15 is 0 Å². The molecule has 0 spiro atoms. The van der Waals surface area contributed by atoms with Gasteiger partial charge < -0.3 is 9.55 Å². The number of rotatable bonds is 4. The fourth-order valence-corrected chi connectivity index (χ4v) is 5.67. The molecule has 1 aliphatic heterocycles. The Hall–Kier alpha value is -3.64. The predicted octanol–water partition coefficient (Wildman–Crippen LogP) is 6.20. The number of aromatic nitrogens is 3. The Bertz CT molecular complexity index is 1450. The van der Waals surface area contributed by atoms with E-state index in [1.54, 1.807) is 36.3 Å². The van der Waals surface area contributed by atoms with E-state index in [-0.39, 0.29) is 17.0 Å². The van der Waals surface area contributed by atoms with Crippen LogP contribution in [0.3, 0.4) is 0 Å². The van der Waals surface area contributed by atoms with Crippen LogP contribution in [0.1, 0.15) is 32.6 Å². The highest BCUT2D eigenvalue weighted by Gasteiger charge is 2.29. The van der Waals surface area contributed by atoms with Crippen LogP contribution in [0.5, 0.6) is 0 Å². The maximum atomic E-state index is 13.5. The van der Waals surface area contributed by atoms with Crippen molar-refractivity contribution in [2.24, 2.45) is 0 Å². The van der Waals surface area contributed by atoms with Gasteiger partial charge in [0.1, 0.15) is 11.2 Å². The lowest BCUT2D eigenvalue weighted by Gasteiger charge is -2.11. The topological polar surface area (TPSA) is 50.7 Å². The number of H-pyrrole nitrogens is 1. The lowest BCUT2D eigenvalue weighted by atomic mass is 10.00. The number of nitrogens with one attached hydrogen (secondary N) is 1. The molecular formula is C26H18FN3OS. The fraction of sp³-hybridized carbons (Fsp3) is 0.0769. The van der Waals surface area contributed by atoms with E-state index in [1.807, 2.05) is 42.7 Å². The molecule has 0 saturated carbocycles. The number of pyridine rings is 1. The number of fused-ring (bicyclic) bond motifs is 2. The molecule has 6 rings (SSSR count). The first kappa shape index (κ1) is 19.1. The maximum Gasteiger partial charge on any atom is 0.197 e. The van der Waals surface area contributed by atoms with E-state index < -0.39 is 0 Å². The minimum Gasteiger partial charge on any atom is -0.360 e. The first-order chi connectivity index (χ1) is 15.7. The van der Waals surface area contributed by atoms with Crippen LogP contribution in [-0.4, -0.2) is 20.3 Å². The van der Waals surface area contributed by atoms with Crippen LogP contribution < -0.4 is 0 Å². The van der Waals surface area contributed by atoms with Crippen molar-refractivity contribution in [2.45, 2.75) is 11.1 Å². The van der Waals surface area contributed by atoms with Gasteiger partial charge in [-0.15, -0.1) is 11.8 Å². The van der Waals surface area contributed by atoms with Gasteiger partial charge in [0.25, 0.3) is 0 Å². The number of hydrogen-bond donors (Lipinski definition) is 1. The van der Waals surface area contributed by atoms with Crippen LogP contribution >= 0.6 is 11.8 Å². The molecule has 4 heterocycles. The van der Waals surface area contributed by atoms with Gasteiger partial charge in [0.15, 0.2) is 5.78 Å². The normalized spacial score (nSPS) is 15.2. The number of aromatic amines is 1. The Morgan fingerprint density at radius 3 is 2.72 bits per heavy atom. The molecule has 0 fully saturated rings. The van der Waals surface area contributed by atoms with E-state index in [0.717, 1.165) is 44.6 Å². The number of halogens is 1. The van der Waals surface area contributed by atoms with Gasteiger partial charge in [-0.2, -0.15) is 0 Å². The van der Waals surface area contributed by atoms with Gasteiger partial charge in [-0.25, -0.2) is 4.39 Å². The molecule has 0 saturated heterocycles. The van der Waals surface area contributed by atoms with Crippen LogP contribution in [0.4, 0.5) is 4.39 Å². The zero-order valence-electron chi connectivity index (χ0n) is 17.0. The van der Waals surface area contributed by atoms with Gasteiger partial charge >= 0.3 is 0 Å². The number of carbonyl (C=O) groups excluding carboxylic acids is 1. The second kappa shape index (κ2) is 7.50. The van der Waals surface area contributed by atoms with Crippen molar-refractivity contribution in [1.82, 2.24) is 14.5 Å². The number of benzene rings is 2. The molecule has 0 amide bonds. The third kappa shape index (κ3) is 3.07. The Kier molecular flexibility index (Phi) is 4.47. The quantitative estimate of drug-likeness (QED) is 0.340. The third-order valence-corrected chi connectivity index (χ3v) is 7.23. The van der Waals surface area contributed by atoms with E-state index in [9.17, 15) is 9.18 Å². The third-order valence-electron chi connectivity index (χ3n) is 5.97. The summed E-state index contributed by atoms with van der Waals surface area (Å²) >= 11 is 1.80. The average molecular weight is 440 g/mol. The highest BCUT2D eigenvalue weighted by Crippen LogP contribution is 2.42. The summed E-state index contributed by atoms with van der Waals surface area (Å²) in [5.41, 5.74) is 6.37. The molecule has 0 radical (unpaired) electrons. The summed E-state index contributed by atoms with van der Waals surface area (Å²) in [6, 6.07) is 18.3. The van der Waals surface area contributed by atoms with E-state index in [4.69, 9.17) is 0 Å². The number of hydrogen-bond acceptors (Lipinski definition) is 3. The molecule has 5 aromatic rings. The van der Waals surface area contributed by atoms with Crippen LogP contribution in [0.15, 0.2) is 85.5 Å². The summed E-state index contributed by atoms with van der Waals surface area (Å²) in [6.45, 7) is 0. The summed E-state index contributed by atoms with van der Waals surface area (Å²) < 4.78 is 15.4. The van der Waals surface area contributed by atoms with Crippen molar-refractivity contribution in [3.63, 3.8) is 0 Å². The highest BCUT2D eigenvalue weighted by atomic mass is 32.2. The van der Waals surface area contributed by atoms with E-state index in [1.165, 1.54) is 12.1 Å². The second-order valence-electron chi connectivity index (χ2n) is 7.83. The molecule has 3 aromatic heterocycles.